The van der Waals surface area contributed by atoms with Gasteiger partial charge < -0.3 is 10.2 Å². The van der Waals surface area contributed by atoms with Crippen molar-refractivity contribution in [2.75, 3.05) is 26.2 Å². The molecule has 3 rings (SSSR count). The van der Waals surface area contributed by atoms with Crippen LogP contribution in [-0.2, 0) is 14.8 Å². The third kappa shape index (κ3) is 4.75. The summed E-state index contributed by atoms with van der Waals surface area (Å²) < 4.78 is 28.1. The number of hydrogen-bond donors (Lipinski definition) is 1. The summed E-state index contributed by atoms with van der Waals surface area (Å²) in [5.74, 6) is -0.266. The van der Waals surface area contributed by atoms with Gasteiger partial charge in [0.25, 0.3) is 5.91 Å². The van der Waals surface area contributed by atoms with E-state index in [4.69, 9.17) is 0 Å². The van der Waals surface area contributed by atoms with E-state index in [2.05, 4.69) is 11.9 Å². The number of piperidine rings is 2. The molecule has 2 atom stereocenters. The number of sulfonamides is 1. The molecule has 1 N–H and O–H groups in total. The maximum absolute atomic E-state index is 13.3. The van der Waals surface area contributed by atoms with Crippen molar-refractivity contribution < 1.29 is 18.0 Å². The second-order valence-electron chi connectivity index (χ2n) is 8.41. The van der Waals surface area contributed by atoms with E-state index in [1.54, 1.807) is 21.3 Å². The summed E-state index contributed by atoms with van der Waals surface area (Å²) in [6.07, 6.45) is 2.13. The molecule has 0 saturated carbocycles. The first kappa shape index (κ1) is 22.5. The largest absolute Gasteiger partial charge is 0.349 e. The molecule has 0 bridgehead atoms. The van der Waals surface area contributed by atoms with Crippen LogP contribution in [-0.4, -0.2) is 66.9 Å². The average molecular weight is 434 g/mol. The minimum absolute atomic E-state index is 0.00664. The van der Waals surface area contributed by atoms with Crippen molar-refractivity contribution >= 4 is 21.8 Å². The molecule has 2 amide bonds. The first-order chi connectivity index (χ1) is 14.2. The lowest BCUT2D eigenvalue weighted by atomic mass is 9.87. The number of hydrogen-bond acceptors (Lipinski definition) is 4. The molecule has 1 aromatic carbocycles. The lowest BCUT2D eigenvalue weighted by Crippen LogP contribution is -2.57. The summed E-state index contributed by atoms with van der Waals surface area (Å²) in [5.41, 5.74) is 0.630. The molecule has 0 aromatic heterocycles. The predicted octanol–water partition coefficient (Wildman–Crippen LogP) is 1.88. The van der Waals surface area contributed by atoms with Crippen LogP contribution in [0.25, 0.3) is 0 Å². The second kappa shape index (κ2) is 9.31. The van der Waals surface area contributed by atoms with Gasteiger partial charge in [-0.2, -0.15) is 0 Å². The topological polar surface area (TPSA) is 86.8 Å². The van der Waals surface area contributed by atoms with Crippen LogP contribution in [0.5, 0.6) is 0 Å². The van der Waals surface area contributed by atoms with E-state index in [1.807, 2.05) is 32.0 Å². The van der Waals surface area contributed by atoms with E-state index in [1.165, 1.54) is 6.08 Å². The zero-order valence-electron chi connectivity index (χ0n) is 17.7. The van der Waals surface area contributed by atoms with Crippen molar-refractivity contribution in [2.45, 2.75) is 38.0 Å². The summed E-state index contributed by atoms with van der Waals surface area (Å²) in [4.78, 5) is 26.0. The average Bonchev–Trinajstić information content (AvgIpc) is 2.76. The molecular weight excluding hydrogens is 402 g/mol. The Morgan fingerprint density at radius 3 is 2.17 bits per heavy atom. The van der Waals surface area contributed by atoms with Gasteiger partial charge in [-0.05, 0) is 42.9 Å². The van der Waals surface area contributed by atoms with Crippen LogP contribution < -0.4 is 5.32 Å². The van der Waals surface area contributed by atoms with E-state index in [-0.39, 0.29) is 29.7 Å². The first-order valence-electron chi connectivity index (χ1n) is 10.5. The summed E-state index contributed by atoms with van der Waals surface area (Å²) in [6, 6.07) is 9.00. The van der Waals surface area contributed by atoms with Crippen LogP contribution in [0.3, 0.4) is 0 Å². The maximum atomic E-state index is 13.3. The Labute approximate surface area is 179 Å². The zero-order chi connectivity index (χ0) is 21.9. The molecule has 1 aromatic rings. The van der Waals surface area contributed by atoms with Crippen molar-refractivity contribution in [2.24, 2.45) is 11.8 Å². The molecule has 7 nitrogen and oxygen atoms in total. The lowest BCUT2D eigenvalue weighted by Gasteiger charge is -2.43. The molecule has 0 spiro atoms. The highest BCUT2D eigenvalue weighted by atomic mass is 32.2. The fourth-order valence-electron chi connectivity index (χ4n) is 4.55. The Morgan fingerprint density at radius 1 is 1.07 bits per heavy atom. The van der Waals surface area contributed by atoms with Crippen LogP contribution in [0.15, 0.2) is 43.0 Å². The van der Waals surface area contributed by atoms with E-state index in [0.29, 0.717) is 44.6 Å². The maximum Gasteiger partial charge on any atom is 0.253 e. The van der Waals surface area contributed by atoms with Crippen LogP contribution in [0.4, 0.5) is 0 Å². The minimum atomic E-state index is -3.46. The van der Waals surface area contributed by atoms with Gasteiger partial charge in [-0.25, -0.2) is 12.7 Å². The van der Waals surface area contributed by atoms with Gasteiger partial charge in [0, 0.05) is 37.8 Å². The van der Waals surface area contributed by atoms with Gasteiger partial charge in [0.05, 0.1) is 5.25 Å². The van der Waals surface area contributed by atoms with Gasteiger partial charge in [-0.3, -0.25) is 9.59 Å². The summed E-state index contributed by atoms with van der Waals surface area (Å²) in [6.45, 7) is 9.07. The Morgan fingerprint density at radius 2 is 1.63 bits per heavy atom. The lowest BCUT2D eigenvalue weighted by molar-refractivity contribution is -0.118. The van der Waals surface area contributed by atoms with Crippen molar-refractivity contribution in [1.82, 2.24) is 14.5 Å². The van der Waals surface area contributed by atoms with Crippen molar-refractivity contribution in [3.05, 3.63) is 48.6 Å². The van der Waals surface area contributed by atoms with Crippen LogP contribution >= 0.6 is 0 Å². The molecule has 8 heteroatoms. The number of carbonyl (C=O) groups is 2. The highest BCUT2D eigenvalue weighted by Gasteiger charge is 2.41. The number of rotatable bonds is 5. The molecule has 2 heterocycles. The number of amides is 2. The SMILES string of the molecule is C=CC(=O)NC1C(C)CN(S(=O)(=O)C2CCN(C(=O)c3ccccc3)CC2)CC1C. The van der Waals surface area contributed by atoms with E-state index in [9.17, 15) is 18.0 Å². The molecule has 0 radical (unpaired) electrons. The van der Waals surface area contributed by atoms with Gasteiger partial charge in [0.2, 0.25) is 15.9 Å². The van der Waals surface area contributed by atoms with E-state index in [0.717, 1.165) is 0 Å². The van der Waals surface area contributed by atoms with Crippen LogP contribution in [0.2, 0.25) is 0 Å². The monoisotopic (exact) mass is 433 g/mol. The van der Waals surface area contributed by atoms with Gasteiger partial charge in [-0.15, -0.1) is 0 Å². The van der Waals surface area contributed by atoms with Crippen molar-refractivity contribution in [3.8, 4) is 0 Å². The fourth-order valence-corrected chi connectivity index (χ4v) is 6.67. The van der Waals surface area contributed by atoms with E-state index >= 15 is 0 Å². The number of nitrogens with zero attached hydrogens (tertiary/aromatic N) is 2. The number of benzene rings is 1. The molecule has 2 fully saturated rings. The fraction of sp³-hybridized carbons (Fsp3) is 0.545. The van der Waals surface area contributed by atoms with Gasteiger partial charge >= 0.3 is 0 Å². The zero-order valence-corrected chi connectivity index (χ0v) is 18.5. The summed E-state index contributed by atoms with van der Waals surface area (Å²) in [5, 5.41) is 2.45. The second-order valence-corrected chi connectivity index (χ2v) is 10.6. The first-order valence-corrected chi connectivity index (χ1v) is 12.0. The Kier molecular flexibility index (Phi) is 6.98. The summed E-state index contributed by atoms with van der Waals surface area (Å²) >= 11 is 0. The molecule has 164 valence electrons. The standard InChI is InChI=1S/C22H31N3O4S/c1-4-20(26)23-21-16(2)14-25(15-17(21)3)30(28,29)19-10-12-24(13-11-19)22(27)18-8-6-5-7-9-18/h4-9,16-17,19,21H,1,10-15H2,2-3H3,(H,23,26). The smallest absolute Gasteiger partial charge is 0.253 e. The summed E-state index contributed by atoms with van der Waals surface area (Å²) in [7, 11) is -3.46. The van der Waals surface area contributed by atoms with Crippen molar-refractivity contribution in [1.29, 1.82) is 0 Å². The van der Waals surface area contributed by atoms with Crippen molar-refractivity contribution in [3.63, 3.8) is 0 Å². The molecule has 2 aliphatic rings. The quantitative estimate of drug-likeness (QED) is 0.719. The Hall–Kier alpha value is -2.19. The molecule has 2 saturated heterocycles. The molecule has 2 unspecified atom stereocenters. The van der Waals surface area contributed by atoms with Gasteiger partial charge in [-0.1, -0.05) is 38.6 Å². The number of likely N-dealkylation sites (tertiary alicyclic amines) is 1. The third-order valence-electron chi connectivity index (χ3n) is 6.23. The van der Waals surface area contributed by atoms with Gasteiger partial charge in [0.15, 0.2) is 0 Å². The highest BCUT2D eigenvalue weighted by molar-refractivity contribution is 7.89. The molecule has 30 heavy (non-hydrogen) atoms. The Bertz CT molecular complexity index is 867. The number of carbonyl (C=O) groups excluding carboxylic acids is 2. The normalized spacial score (nSPS) is 26.2. The molecule has 2 aliphatic heterocycles. The number of nitrogens with one attached hydrogen (secondary N) is 1. The van der Waals surface area contributed by atoms with Crippen LogP contribution in [0.1, 0.15) is 37.0 Å². The minimum Gasteiger partial charge on any atom is -0.349 e. The predicted molar refractivity (Wildman–Crippen MR) is 116 cm³/mol. The van der Waals surface area contributed by atoms with Gasteiger partial charge in [0.1, 0.15) is 0 Å². The van der Waals surface area contributed by atoms with Crippen LogP contribution in [0, 0.1) is 11.8 Å². The molecule has 0 aliphatic carbocycles. The third-order valence-corrected chi connectivity index (χ3v) is 8.57. The molecular formula is C22H31N3O4S. The highest BCUT2D eigenvalue weighted by Crippen LogP contribution is 2.29. The Balaban J connectivity index is 1.61. The van der Waals surface area contributed by atoms with E-state index < -0.39 is 15.3 Å².